The lowest BCUT2D eigenvalue weighted by Crippen LogP contribution is -2.33. The highest BCUT2D eigenvalue weighted by Gasteiger charge is 2.24. The number of nitrogens with one attached hydrogen (secondary N) is 2. The number of halogens is 1. The van der Waals surface area contributed by atoms with Gasteiger partial charge in [0, 0.05) is 16.3 Å². The molecule has 2 amide bonds. The van der Waals surface area contributed by atoms with E-state index >= 15 is 0 Å². The molecule has 0 saturated heterocycles. The van der Waals surface area contributed by atoms with E-state index in [0.29, 0.717) is 10.9 Å². The van der Waals surface area contributed by atoms with Crippen LogP contribution in [0, 0.1) is 13.8 Å². The van der Waals surface area contributed by atoms with Crippen molar-refractivity contribution in [2.45, 2.75) is 19.9 Å². The second kappa shape index (κ2) is 9.02. The SMILES string of the molecule is Cc1cccc(NC(=O)NC(c2ccc(Cl)cc2)c2nnc(-c3ccccc3)o2)c1C. The number of urea groups is 1. The van der Waals surface area contributed by atoms with Gasteiger partial charge in [-0.1, -0.05) is 54.1 Å². The molecular formula is C24H21ClN4O2. The van der Waals surface area contributed by atoms with E-state index in [1.807, 2.05) is 74.5 Å². The van der Waals surface area contributed by atoms with Crippen LogP contribution in [-0.2, 0) is 0 Å². The number of carbonyl (C=O) groups is 1. The predicted molar refractivity (Wildman–Crippen MR) is 121 cm³/mol. The van der Waals surface area contributed by atoms with Crippen LogP contribution in [0.15, 0.2) is 77.2 Å². The Hall–Kier alpha value is -3.64. The molecule has 0 saturated carbocycles. The van der Waals surface area contributed by atoms with Gasteiger partial charge in [-0.3, -0.25) is 0 Å². The molecule has 0 fully saturated rings. The van der Waals surface area contributed by atoms with Gasteiger partial charge in [0.15, 0.2) is 0 Å². The molecule has 3 aromatic carbocycles. The Kier molecular flexibility index (Phi) is 6.00. The van der Waals surface area contributed by atoms with Crippen LogP contribution in [-0.4, -0.2) is 16.2 Å². The van der Waals surface area contributed by atoms with Crippen LogP contribution < -0.4 is 10.6 Å². The fraction of sp³-hybridized carbons (Fsp3) is 0.125. The number of hydrogen-bond acceptors (Lipinski definition) is 4. The third kappa shape index (κ3) is 4.75. The molecular weight excluding hydrogens is 412 g/mol. The maximum absolute atomic E-state index is 12.8. The second-order valence-electron chi connectivity index (χ2n) is 7.14. The molecule has 4 rings (SSSR count). The molecule has 0 bridgehead atoms. The number of rotatable bonds is 5. The quantitative estimate of drug-likeness (QED) is 0.410. The Bertz CT molecular complexity index is 1190. The first-order chi connectivity index (χ1) is 15.0. The standard InChI is InChI=1S/C24H21ClN4O2/c1-15-7-6-10-20(16(15)2)26-24(30)27-21(17-11-13-19(25)14-12-17)23-29-28-22(31-23)18-8-4-3-5-9-18/h3-14,21H,1-2H3,(H2,26,27,30). The molecule has 1 unspecified atom stereocenters. The van der Waals surface area contributed by atoms with E-state index in [-0.39, 0.29) is 11.9 Å². The number of carbonyl (C=O) groups excluding carboxylic acids is 1. The van der Waals surface area contributed by atoms with Crippen molar-refractivity contribution < 1.29 is 9.21 Å². The van der Waals surface area contributed by atoms with E-state index in [1.54, 1.807) is 12.1 Å². The van der Waals surface area contributed by atoms with Crippen molar-refractivity contribution in [1.29, 1.82) is 0 Å². The smallest absolute Gasteiger partial charge is 0.320 e. The minimum atomic E-state index is -0.646. The van der Waals surface area contributed by atoms with Crippen molar-refractivity contribution in [3.8, 4) is 11.5 Å². The first kappa shape index (κ1) is 20.6. The molecule has 6 nitrogen and oxygen atoms in total. The molecule has 7 heteroatoms. The Morgan fingerprint density at radius 2 is 1.68 bits per heavy atom. The van der Waals surface area contributed by atoms with Gasteiger partial charge >= 0.3 is 6.03 Å². The lowest BCUT2D eigenvalue weighted by Gasteiger charge is -2.17. The van der Waals surface area contributed by atoms with Gasteiger partial charge in [0.25, 0.3) is 0 Å². The zero-order chi connectivity index (χ0) is 21.8. The number of hydrogen-bond donors (Lipinski definition) is 2. The van der Waals surface area contributed by atoms with Crippen molar-refractivity contribution in [1.82, 2.24) is 15.5 Å². The number of amides is 2. The number of aryl methyl sites for hydroxylation is 1. The summed E-state index contributed by atoms with van der Waals surface area (Å²) in [5.41, 5.74) is 4.41. The van der Waals surface area contributed by atoms with Gasteiger partial charge < -0.3 is 15.1 Å². The monoisotopic (exact) mass is 432 g/mol. The van der Waals surface area contributed by atoms with Gasteiger partial charge in [0.2, 0.25) is 11.8 Å². The minimum absolute atomic E-state index is 0.275. The highest BCUT2D eigenvalue weighted by atomic mass is 35.5. The number of nitrogens with zero attached hydrogens (tertiary/aromatic N) is 2. The van der Waals surface area contributed by atoms with Crippen LogP contribution in [0.25, 0.3) is 11.5 Å². The summed E-state index contributed by atoms with van der Waals surface area (Å²) in [6.07, 6.45) is 0. The van der Waals surface area contributed by atoms with Crippen LogP contribution >= 0.6 is 11.6 Å². The molecule has 156 valence electrons. The van der Waals surface area contributed by atoms with Crippen molar-refractivity contribution in [3.05, 3.63) is 100 Å². The average Bonchev–Trinajstić information content (AvgIpc) is 3.27. The molecule has 1 aromatic heterocycles. The van der Waals surface area contributed by atoms with Crippen LogP contribution in [0.1, 0.15) is 28.6 Å². The van der Waals surface area contributed by atoms with Crippen LogP contribution in [0.4, 0.5) is 10.5 Å². The lowest BCUT2D eigenvalue weighted by molar-refractivity contribution is 0.248. The zero-order valence-electron chi connectivity index (χ0n) is 17.1. The molecule has 4 aromatic rings. The van der Waals surface area contributed by atoms with Gasteiger partial charge in [-0.15, -0.1) is 10.2 Å². The third-order valence-corrected chi connectivity index (χ3v) is 5.29. The van der Waals surface area contributed by atoms with Gasteiger partial charge in [0.05, 0.1) is 0 Å². The first-order valence-corrected chi connectivity index (χ1v) is 10.2. The Balaban J connectivity index is 1.62. The number of aromatic nitrogens is 2. The Morgan fingerprint density at radius 3 is 2.42 bits per heavy atom. The molecule has 1 heterocycles. The van der Waals surface area contributed by atoms with Gasteiger partial charge in [-0.05, 0) is 60.9 Å². The molecule has 0 aliphatic rings. The summed E-state index contributed by atoms with van der Waals surface area (Å²) in [6, 6.07) is 21.3. The number of anilines is 1. The Labute approximate surface area is 185 Å². The van der Waals surface area contributed by atoms with Crippen molar-refractivity contribution >= 4 is 23.3 Å². The average molecular weight is 433 g/mol. The summed E-state index contributed by atoms with van der Waals surface area (Å²) < 4.78 is 5.91. The maximum atomic E-state index is 12.8. The summed E-state index contributed by atoms with van der Waals surface area (Å²) in [5.74, 6) is 0.656. The van der Waals surface area contributed by atoms with Crippen LogP contribution in [0.2, 0.25) is 5.02 Å². The number of benzene rings is 3. The predicted octanol–water partition coefficient (Wildman–Crippen LogP) is 5.92. The summed E-state index contributed by atoms with van der Waals surface area (Å²) >= 11 is 6.04. The van der Waals surface area contributed by atoms with E-state index in [0.717, 1.165) is 27.9 Å². The highest BCUT2D eigenvalue weighted by Crippen LogP contribution is 2.26. The molecule has 2 N–H and O–H groups in total. The molecule has 0 spiro atoms. The lowest BCUT2D eigenvalue weighted by atomic mass is 10.1. The Morgan fingerprint density at radius 1 is 0.935 bits per heavy atom. The topological polar surface area (TPSA) is 80.0 Å². The minimum Gasteiger partial charge on any atom is -0.418 e. The molecule has 1 atom stereocenters. The normalized spacial score (nSPS) is 11.7. The fourth-order valence-corrected chi connectivity index (χ4v) is 3.29. The largest absolute Gasteiger partial charge is 0.418 e. The van der Waals surface area contributed by atoms with Gasteiger partial charge in [-0.2, -0.15) is 0 Å². The van der Waals surface area contributed by atoms with Crippen molar-refractivity contribution in [2.75, 3.05) is 5.32 Å². The van der Waals surface area contributed by atoms with Gasteiger partial charge in [0.1, 0.15) is 6.04 Å². The van der Waals surface area contributed by atoms with Gasteiger partial charge in [-0.25, -0.2) is 4.79 Å². The van der Waals surface area contributed by atoms with Crippen molar-refractivity contribution in [2.24, 2.45) is 0 Å². The van der Waals surface area contributed by atoms with E-state index < -0.39 is 6.04 Å². The van der Waals surface area contributed by atoms with E-state index in [4.69, 9.17) is 16.0 Å². The third-order valence-electron chi connectivity index (χ3n) is 5.04. The maximum Gasteiger partial charge on any atom is 0.320 e. The van der Waals surface area contributed by atoms with E-state index in [9.17, 15) is 4.79 Å². The summed E-state index contributed by atoms with van der Waals surface area (Å²) in [4.78, 5) is 12.8. The second-order valence-corrected chi connectivity index (χ2v) is 7.58. The highest BCUT2D eigenvalue weighted by molar-refractivity contribution is 6.30. The van der Waals surface area contributed by atoms with Crippen molar-refractivity contribution in [3.63, 3.8) is 0 Å². The van der Waals surface area contributed by atoms with Crippen LogP contribution in [0.5, 0.6) is 0 Å². The first-order valence-electron chi connectivity index (χ1n) is 9.79. The van der Waals surface area contributed by atoms with E-state index in [1.165, 1.54) is 0 Å². The van der Waals surface area contributed by atoms with Crippen LogP contribution in [0.3, 0.4) is 0 Å². The summed E-state index contributed by atoms with van der Waals surface area (Å²) in [6.45, 7) is 3.96. The molecule has 0 aliphatic carbocycles. The summed E-state index contributed by atoms with van der Waals surface area (Å²) in [7, 11) is 0. The zero-order valence-corrected chi connectivity index (χ0v) is 17.9. The fourth-order valence-electron chi connectivity index (χ4n) is 3.17. The van der Waals surface area contributed by atoms with E-state index in [2.05, 4.69) is 20.8 Å². The molecule has 0 aliphatic heterocycles. The molecule has 0 radical (unpaired) electrons. The summed E-state index contributed by atoms with van der Waals surface area (Å²) in [5, 5.41) is 14.8. The molecule has 31 heavy (non-hydrogen) atoms.